The van der Waals surface area contributed by atoms with Gasteiger partial charge in [-0.25, -0.2) is 0 Å². The molecule has 0 saturated heterocycles. The molecule has 0 aliphatic rings. The molecule has 0 radical (unpaired) electrons. The van der Waals surface area contributed by atoms with Gasteiger partial charge in [0.05, 0.1) is 6.10 Å². The number of likely N-dealkylation sites (N-methyl/N-ethyl adjacent to an activating group) is 1. The average molecular weight is 117 g/mol. The first-order chi connectivity index (χ1) is 3.66. The highest BCUT2D eigenvalue weighted by atomic mass is 16.3. The molecule has 0 bridgehead atoms. The van der Waals surface area contributed by atoms with E-state index in [0.29, 0.717) is 0 Å². The Kier molecular flexibility index (Phi) is 3.83. The van der Waals surface area contributed by atoms with Crippen molar-refractivity contribution in [1.82, 2.24) is 4.90 Å². The lowest BCUT2D eigenvalue weighted by molar-refractivity contribution is 0.133. The Morgan fingerprint density at radius 3 is 2.12 bits per heavy atom. The van der Waals surface area contributed by atoms with E-state index >= 15 is 0 Å². The van der Waals surface area contributed by atoms with Crippen LogP contribution in [0.5, 0.6) is 0 Å². The van der Waals surface area contributed by atoms with E-state index in [1.165, 1.54) is 0 Å². The van der Waals surface area contributed by atoms with Crippen LogP contribution in [0.3, 0.4) is 0 Å². The predicted octanol–water partition coefficient (Wildman–Crippen LogP) is 0.319. The minimum atomic E-state index is -0.148. The summed E-state index contributed by atoms with van der Waals surface area (Å²) in [6.45, 7) is 2.75. The van der Waals surface area contributed by atoms with E-state index in [1.54, 1.807) is 0 Å². The van der Waals surface area contributed by atoms with Crippen LogP contribution in [-0.4, -0.2) is 36.8 Å². The van der Waals surface area contributed by atoms with Gasteiger partial charge in [0.25, 0.3) is 0 Å². The van der Waals surface area contributed by atoms with E-state index < -0.39 is 0 Å². The van der Waals surface area contributed by atoms with Gasteiger partial charge >= 0.3 is 0 Å². The first kappa shape index (κ1) is 7.92. The van der Waals surface area contributed by atoms with Crippen LogP contribution in [0.4, 0.5) is 0 Å². The molecule has 1 N–H and O–H groups in total. The van der Waals surface area contributed by atoms with Crippen LogP contribution in [0.15, 0.2) is 0 Å². The molecule has 0 heterocycles. The lowest BCUT2D eigenvalue weighted by Crippen LogP contribution is -2.24. The first-order valence-corrected chi connectivity index (χ1v) is 2.99. The van der Waals surface area contributed by atoms with Gasteiger partial charge in [-0.05, 0) is 20.5 Å². The van der Waals surface area contributed by atoms with E-state index in [1.807, 2.05) is 25.9 Å². The molecular weight excluding hydrogens is 102 g/mol. The molecule has 2 heteroatoms. The zero-order valence-corrected chi connectivity index (χ0v) is 5.89. The molecule has 0 rings (SSSR count). The second-order valence-corrected chi connectivity index (χ2v) is 2.32. The van der Waals surface area contributed by atoms with Gasteiger partial charge in [0.1, 0.15) is 0 Å². The fourth-order valence-corrected chi connectivity index (χ4v) is 0.551. The van der Waals surface area contributed by atoms with Crippen molar-refractivity contribution in [2.45, 2.75) is 19.4 Å². The van der Waals surface area contributed by atoms with Gasteiger partial charge in [0.2, 0.25) is 0 Å². The standard InChI is InChI=1S/C6H15NO/c1-4-6(8)5-7(2)3/h6,8H,4-5H2,1-3H3/t6-/m0/s1. The van der Waals surface area contributed by atoms with Gasteiger partial charge in [-0.3, -0.25) is 0 Å². The molecule has 0 aliphatic carbocycles. The number of hydrogen-bond donors (Lipinski definition) is 1. The fraction of sp³-hybridized carbons (Fsp3) is 1.00. The summed E-state index contributed by atoms with van der Waals surface area (Å²) in [7, 11) is 3.91. The zero-order chi connectivity index (χ0) is 6.57. The normalized spacial score (nSPS) is 14.6. The van der Waals surface area contributed by atoms with Crippen molar-refractivity contribution >= 4 is 0 Å². The van der Waals surface area contributed by atoms with Gasteiger partial charge in [0.15, 0.2) is 0 Å². The SMILES string of the molecule is CC[C@H](O)CN(C)C. The first-order valence-electron chi connectivity index (χ1n) is 2.99. The molecule has 8 heavy (non-hydrogen) atoms. The molecule has 0 aromatic carbocycles. The Morgan fingerprint density at radius 1 is 1.50 bits per heavy atom. The average Bonchev–Trinajstić information content (AvgIpc) is 1.65. The lowest BCUT2D eigenvalue weighted by Gasteiger charge is -2.13. The van der Waals surface area contributed by atoms with Crippen molar-refractivity contribution in [2.24, 2.45) is 0 Å². The molecule has 0 aliphatic heterocycles. The number of aliphatic hydroxyl groups excluding tert-OH is 1. The highest BCUT2D eigenvalue weighted by Gasteiger charge is 1.99. The maximum atomic E-state index is 8.99. The van der Waals surface area contributed by atoms with Crippen molar-refractivity contribution < 1.29 is 5.11 Å². The Labute approximate surface area is 51.1 Å². The third kappa shape index (κ3) is 4.09. The van der Waals surface area contributed by atoms with Gasteiger partial charge in [-0.2, -0.15) is 0 Å². The number of rotatable bonds is 3. The second kappa shape index (κ2) is 3.87. The molecule has 0 unspecified atom stereocenters. The highest BCUT2D eigenvalue weighted by molar-refractivity contribution is 4.53. The second-order valence-electron chi connectivity index (χ2n) is 2.32. The van der Waals surface area contributed by atoms with E-state index in [2.05, 4.69) is 0 Å². The summed E-state index contributed by atoms with van der Waals surface area (Å²) in [6, 6.07) is 0. The highest BCUT2D eigenvalue weighted by Crippen LogP contribution is 1.89. The van der Waals surface area contributed by atoms with Gasteiger partial charge in [0, 0.05) is 6.54 Å². The van der Waals surface area contributed by atoms with Crippen molar-refractivity contribution in [2.75, 3.05) is 20.6 Å². The predicted molar refractivity (Wildman–Crippen MR) is 34.9 cm³/mol. The van der Waals surface area contributed by atoms with Gasteiger partial charge in [-0.15, -0.1) is 0 Å². The summed E-state index contributed by atoms with van der Waals surface area (Å²) < 4.78 is 0. The minimum absolute atomic E-state index is 0.148. The molecule has 0 spiro atoms. The monoisotopic (exact) mass is 117 g/mol. The van der Waals surface area contributed by atoms with Crippen LogP contribution >= 0.6 is 0 Å². The summed E-state index contributed by atoms with van der Waals surface area (Å²) in [5, 5.41) is 8.99. The maximum Gasteiger partial charge on any atom is 0.0664 e. The van der Waals surface area contributed by atoms with Gasteiger partial charge < -0.3 is 10.0 Å². The molecule has 0 amide bonds. The van der Waals surface area contributed by atoms with Crippen LogP contribution in [-0.2, 0) is 0 Å². The molecule has 0 fully saturated rings. The van der Waals surface area contributed by atoms with E-state index in [0.717, 1.165) is 13.0 Å². The van der Waals surface area contributed by atoms with Crippen molar-refractivity contribution in [1.29, 1.82) is 0 Å². The molecule has 1 atom stereocenters. The van der Waals surface area contributed by atoms with Crippen LogP contribution in [0.1, 0.15) is 13.3 Å². The summed E-state index contributed by atoms with van der Waals surface area (Å²) in [5.41, 5.74) is 0. The molecule has 0 aromatic heterocycles. The molecule has 0 saturated carbocycles. The zero-order valence-electron chi connectivity index (χ0n) is 5.89. The summed E-state index contributed by atoms with van der Waals surface area (Å²) in [6.07, 6.45) is 0.697. The number of nitrogens with zero attached hydrogens (tertiary/aromatic N) is 1. The molecule has 2 nitrogen and oxygen atoms in total. The Bertz CT molecular complexity index is 54.5. The largest absolute Gasteiger partial charge is 0.392 e. The Balaban J connectivity index is 3.10. The molecule has 50 valence electrons. The number of hydrogen-bond acceptors (Lipinski definition) is 2. The summed E-state index contributed by atoms with van der Waals surface area (Å²) in [4.78, 5) is 1.98. The summed E-state index contributed by atoms with van der Waals surface area (Å²) >= 11 is 0. The van der Waals surface area contributed by atoms with Crippen molar-refractivity contribution in [3.05, 3.63) is 0 Å². The van der Waals surface area contributed by atoms with Crippen molar-refractivity contribution in [3.8, 4) is 0 Å². The van der Waals surface area contributed by atoms with Gasteiger partial charge in [-0.1, -0.05) is 6.92 Å². The molecule has 0 aromatic rings. The fourth-order valence-electron chi connectivity index (χ4n) is 0.551. The minimum Gasteiger partial charge on any atom is -0.392 e. The Hall–Kier alpha value is -0.0800. The third-order valence-electron chi connectivity index (χ3n) is 1.05. The lowest BCUT2D eigenvalue weighted by atomic mass is 10.3. The molecular formula is C6H15NO. The third-order valence-corrected chi connectivity index (χ3v) is 1.05. The van der Waals surface area contributed by atoms with E-state index in [-0.39, 0.29) is 6.10 Å². The van der Waals surface area contributed by atoms with Crippen LogP contribution in [0.25, 0.3) is 0 Å². The quantitative estimate of drug-likeness (QED) is 0.575. The topological polar surface area (TPSA) is 23.5 Å². The number of aliphatic hydroxyl groups is 1. The smallest absolute Gasteiger partial charge is 0.0664 e. The van der Waals surface area contributed by atoms with E-state index in [9.17, 15) is 0 Å². The van der Waals surface area contributed by atoms with E-state index in [4.69, 9.17) is 5.11 Å². The Morgan fingerprint density at radius 2 is 2.00 bits per heavy atom. The summed E-state index contributed by atoms with van der Waals surface area (Å²) in [5.74, 6) is 0. The van der Waals surface area contributed by atoms with Crippen molar-refractivity contribution in [3.63, 3.8) is 0 Å². The van der Waals surface area contributed by atoms with Crippen LogP contribution in [0, 0.1) is 0 Å². The van der Waals surface area contributed by atoms with Crippen LogP contribution < -0.4 is 0 Å². The van der Waals surface area contributed by atoms with Crippen LogP contribution in [0.2, 0.25) is 0 Å². The maximum absolute atomic E-state index is 8.99.